The SMILES string of the molecule is O=CC(C[C@H](NC(=O)COCCOCCNC(=O)CC[C@H](NC(=O)CCCCCCCCCCCCCCCCC(=O)O)C(=O)O)C(=O)O)C(=O)[C@H](CCC(=O)O)NC(=O)[C@H](CCC(=O)O)NC(=O)COCCOCCNC(=O)CC[C@H](NC(=O)CCCCCCCCCCCCCCCCC(=O)O)C(=O)O. The molecule has 0 aromatic carbocycles. The van der Waals surface area contributed by atoms with Gasteiger partial charge in [-0.15, -0.1) is 0 Å². The second-order valence-electron chi connectivity index (χ2n) is 26.6. The molecule has 0 aromatic rings. The molecule has 612 valence electrons. The molecular formula is C73H123N7O27. The van der Waals surface area contributed by atoms with E-state index in [1.807, 2.05) is 0 Å². The van der Waals surface area contributed by atoms with E-state index in [4.69, 9.17) is 29.2 Å². The van der Waals surface area contributed by atoms with E-state index in [-0.39, 0.29) is 110 Å². The van der Waals surface area contributed by atoms with Crippen molar-refractivity contribution >= 4 is 95.2 Å². The zero-order valence-corrected chi connectivity index (χ0v) is 62.4. The lowest BCUT2D eigenvalue weighted by Crippen LogP contribution is -2.54. The minimum atomic E-state index is -1.90. The number of hydrogen-bond donors (Lipinski definition) is 14. The van der Waals surface area contributed by atoms with Gasteiger partial charge in [-0.3, -0.25) is 57.5 Å². The van der Waals surface area contributed by atoms with E-state index in [0.29, 0.717) is 12.8 Å². The summed E-state index contributed by atoms with van der Waals surface area (Å²) in [5, 5.41) is 82.0. The minimum Gasteiger partial charge on any atom is -0.481 e. The monoisotopic (exact) mass is 1530 g/mol. The van der Waals surface area contributed by atoms with Crippen LogP contribution in [0.25, 0.3) is 0 Å². The quantitative estimate of drug-likeness (QED) is 0.0198. The van der Waals surface area contributed by atoms with E-state index in [9.17, 15) is 102 Å². The molecule has 0 aliphatic rings. The van der Waals surface area contributed by atoms with Gasteiger partial charge in [0.15, 0.2) is 5.78 Å². The summed E-state index contributed by atoms with van der Waals surface area (Å²) in [5.74, 6) is -16.6. The normalized spacial score (nSPS) is 12.7. The van der Waals surface area contributed by atoms with Gasteiger partial charge in [-0.25, -0.2) is 14.4 Å². The Kier molecular flexibility index (Phi) is 60.9. The largest absolute Gasteiger partial charge is 0.481 e. The molecule has 34 heteroatoms. The van der Waals surface area contributed by atoms with E-state index >= 15 is 0 Å². The number of Topliss-reactive ketones (excluding diaryl/α,β-unsaturated/α-hetero) is 1. The second kappa shape index (κ2) is 66.0. The van der Waals surface area contributed by atoms with Crippen molar-refractivity contribution < 1.29 is 131 Å². The first-order valence-electron chi connectivity index (χ1n) is 38.1. The number of nitrogens with one attached hydrogen (secondary N) is 7. The Balaban J connectivity index is 4.75. The van der Waals surface area contributed by atoms with Crippen LogP contribution in [0.15, 0.2) is 0 Å². The highest BCUT2D eigenvalue weighted by Crippen LogP contribution is 2.18. The summed E-state index contributed by atoms with van der Waals surface area (Å²) < 4.78 is 21.3. The molecule has 0 aromatic heterocycles. The molecule has 14 N–H and O–H groups in total. The van der Waals surface area contributed by atoms with Gasteiger partial charge in [-0.05, 0) is 57.8 Å². The Morgan fingerprint density at radius 1 is 0.271 bits per heavy atom. The zero-order valence-electron chi connectivity index (χ0n) is 62.4. The summed E-state index contributed by atoms with van der Waals surface area (Å²) in [6, 6.07) is -7.91. The number of carboxylic acid groups (broad SMARTS) is 7. The molecular weight excluding hydrogens is 1410 g/mol. The highest BCUT2D eigenvalue weighted by molar-refractivity contribution is 6.00. The van der Waals surface area contributed by atoms with Crippen LogP contribution >= 0.6 is 0 Å². The maximum atomic E-state index is 13.8. The second-order valence-corrected chi connectivity index (χ2v) is 26.6. The van der Waals surface area contributed by atoms with Crippen LogP contribution < -0.4 is 37.2 Å². The molecule has 7 amide bonds. The third kappa shape index (κ3) is 60.5. The number of carbonyl (C=O) groups is 16. The van der Waals surface area contributed by atoms with Gasteiger partial charge < -0.3 is 96.7 Å². The molecule has 0 saturated heterocycles. The Labute approximate surface area is 626 Å². The molecule has 0 aliphatic heterocycles. The zero-order chi connectivity index (χ0) is 79.7. The van der Waals surface area contributed by atoms with Crippen molar-refractivity contribution in [1.29, 1.82) is 0 Å². The maximum Gasteiger partial charge on any atom is 0.326 e. The van der Waals surface area contributed by atoms with E-state index < -0.39 is 170 Å². The lowest BCUT2D eigenvalue weighted by Gasteiger charge is -2.25. The standard InChI is InChI=1S/C73H123N7O27/c81-50-53(49-58(73(102)103)79-64(87)52-107-48-46-105-44-42-75-60(83)38-34-57(72(100)101)78-62(85)30-26-22-18-14-10-6-2-4-8-12-16-20-24-28-32-66(90)91)69(96)54(35-39-67(92)93)80-70(97)55(36-40-68(94)95)76-63(86)51-106-47-45-104-43-41-74-59(82)37-33-56(71(98)99)77-61(84)29-25-21-17-13-9-5-1-3-7-11-15-19-23-27-31-65(88)89/h50,53-58H,1-49,51-52H2,(H,74,82)(H,75,83)(H,76,86)(H,77,84)(H,78,85)(H,79,87)(H,80,97)(H,88,89)(H,90,91)(H,92,93)(H,94,95)(H,98,99)(H,100,101)(H,102,103)/t53?,54-,55-,56-,57-,58-/m0/s1. The molecule has 0 heterocycles. The number of unbranched alkanes of at least 4 members (excludes halogenated alkanes) is 26. The predicted octanol–water partition coefficient (Wildman–Crippen LogP) is 5.68. The minimum absolute atomic E-state index is 0.00841. The summed E-state index contributed by atoms with van der Waals surface area (Å²) in [6.07, 6.45) is 25.1. The summed E-state index contributed by atoms with van der Waals surface area (Å²) >= 11 is 0. The lowest BCUT2D eigenvalue weighted by atomic mass is 9.90. The van der Waals surface area contributed by atoms with Crippen LogP contribution in [-0.2, 0) is 95.7 Å². The van der Waals surface area contributed by atoms with Crippen LogP contribution in [-0.4, -0.2) is 227 Å². The van der Waals surface area contributed by atoms with Crippen molar-refractivity contribution in [2.45, 2.75) is 293 Å². The lowest BCUT2D eigenvalue weighted by molar-refractivity contribution is -0.144. The predicted molar refractivity (Wildman–Crippen MR) is 386 cm³/mol. The Morgan fingerprint density at radius 3 is 0.869 bits per heavy atom. The van der Waals surface area contributed by atoms with Crippen molar-refractivity contribution in [1.82, 2.24) is 37.2 Å². The number of ketones is 1. The molecule has 107 heavy (non-hydrogen) atoms. The number of carbonyl (C=O) groups excluding carboxylic acids is 9. The topological polar surface area (TPSA) is 536 Å². The fourth-order valence-electron chi connectivity index (χ4n) is 11.2. The van der Waals surface area contributed by atoms with Crippen molar-refractivity contribution in [2.24, 2.45) is 5.92 Å². The highest BCUT2D eigenvalue weighted by Gasteiger charge is 2.35. The van der Waals surface area contributed by atoms with Gasteiger partial charge in [0.25, 0.3) is 0 Å². The summed E-state index contributed by atoms with van der Waals surface area (Å²) in [6.45, 7) is -2.06. The highest BCUT2D eigenvalue weighted by atomic mass is 16.5. The number of hydrogen-bond acceptors (Lipinski definition) is 20. The van der Waals surface area contributed by atoms with E-state index in [2.05, 4.69) is 37.2 Å². The van der Waals surface area contributed by atoms with Gasteiger partial charge >= 0.3 is 41.8 Å². The maximum absolute atomic E-state index is 13.8. The first kappa shape index (κ1) is 98.8. The molecule has 0 radical (unpaired) electrons. The van der Waals surface area contributed by atoms with Crippen molar-refractivity contribution in [2.75, 3.05) is 65.9 Å². The van der Waals surface area contributed by atoms with E-state index in [0.717, 1.165) is 135 Å². The number of carboxylic acids is 7. The fourth-order valence-corrected chi connectivity index (χ4v) is 11.2. The van der Waals surface area contributed by atoms with E-state index in [1.54, 1.807) is 0 Å². The van der Waals surface area contributed by atoms with Gasteiger partial charge in [0.2, 0.25) is 41.4 Å². The molecule has 1 unspecified atom stereocenters. The Bertz CT molecular complexity index is 2630. The van der Waals surface area contributed by atoms with Crippen LogP contribution in [0.4, 0.5) is 0 Å². The molecule has 0 spiro atoms. The fraction of sp³-hybridized carbons (Fsp3) is 0.781. The summed E-state index contributed by atoms with van der Waals surface area (Å²) in [4.78, 5) is 195. The van der Waals surface area contributed by atoms with E-state index in [1.165, 1.54) is 32.1 Å². The third-order valence-electron chi connectivity index (χ3n) is 17.3. The van der Waals surface area contributed by atoms with Crippen molar-refractivity contribution in [3.63, 3.8) is 0 Å². The van der Waals surface area contributed by atoms with Gasteiger partial charge in [0.05, 0.1) is 51.6 Å². The molecule has 0 rings (SSSR count). The van der Waals surface area contributed by atoms with Crippen molar-refractivity contribution in [3.05, 3.63) is 0 Å². The molecule has 0 aliphatic carbocycles. The van der Waals surface area contributed by atoms with Crippen LogP contribution in [0.5, 0.6) is 0 Å². The Morgan fingerprint density at radius 2 is 0.551 bits per heavy atom. The molecule has 6 atom stereocenters. The molecule has 0 fully saturated rings. The summed E-state index contributed by atoms with van der Waals surface area (Å²) in [5.41, 5.74) is 0. The molecule has 0 bridgehead atoms. The number of rotatable bonds is 76. The Hall–Kier alpha value is -8.24. The average molecular weight is 1530 g/mol. The van der Waals surface area contributed by atoms with Gasteiger partial charge in [0.1, 0.15) is 43.7 Å². The average Bonchev–Trinajstić information content (AvgIpc) is 0.854. The van der Waals surface area contributed by atoms with Gasteiger partial charge in [-0.1, -0.05) is 154 Å². The number of aliphatic carboxylic acids is 7. The number of amides is 7. The van der Waals surface area contributed by atoms with Crippen LogP contribution in [0.2, 0.25) is 0 Å². The third-order valence-corrected chi connectivity index (χ3v) is 17.3. The smallest absolute Gasteiger partial charge is 0.326 e. The van der Waals surface area contributed by atoms with Crippen LogP contribution in [0, 0.1) is 5.92 Å². The summed E-state index contributed by atoms with van der Waals surface area (Å²) in [7, 11) is 0. The first-order chi connectivity index (χ1) is 51.2. The van der Waals surface area contributed by atoms with Crippen LogP contribution in [0.1, 0.15) is 263 Å². The first-order valence-corrected chi connectivity index (χ1v) is 38.1. The van der Waals surface area contributed by atoms with Crippen molar-refractivity contribution in [3.8, 4) is 0 Å². The molecule has 34 nitrogen and oxygen atoms in total. The molecule has 0 saturated carbocycles. The van der Waals surface area contributed by atoms with Gasteiger partial charge in [-0.2, -0.15) is 0 Å². The van der Waals surface area contributed by atoms with Gasteiger partial charge in [0, 0.05) is 64.5 Å². The number of aldehydes is 1. The number of ether oxygens (including phenoxy) is 4. The van der Waals surface area contributed by atoms with Crippen LogP contribution in [0.3, 0.4) is 0 Å².